The summed E-state index contributed by atoms with van der Waals surface area (Å²) in [5.41, 5.74) is 1.43. The van der Waals surface area contributed by atoms with Crippen LogP contribution in [0.3, 0.4) is 0 Å². The highest BCUT2D eigenvalue weighted by atomic mass is 35.5. The standard InChI is InChI=1S/C20H25Cl2N5O/c1-13(25-20(28)27(3)14-7-11-26(2)12-8-14)15-5-6-16(18(22)17(15)21)19-23-9-4-10-24-19/h4-6,9-10,13-14H,7-8,11-12H2,1-3H3,(H,25,28). The molecule has 1 aromatic heterocycles. The first-order valence-corrected chi connectivity index (χ1v) is 10.1. The largest absolute Gasteiger partial charge is 0.331 e. The molecule has 1 N–H and O–H groups in total. The van der Waals surface area contributed by atoms with Gasteiger partial charge in [-0.25, -0.2) is 14.8 Å². The van der Waals surface area contributed by atoms with E-state index in [1.165, 1.54) is 0 Å². The van der Waals surface area contributed by atoms with E-state index in [-0.39, 0.29) is 18.1 Å². The number of likely N-dealkylation sites (tertiary alicyclic amines) is 1. The number of piperidine rings is 1. The van der Waals surface area contributed by atoms with Crippen LogP contribution in [0.2, 0.25) is 10.0 Å². The number of carbonyl (C=O) groups excluding carboxylic acids is 1. The molecule has 3 rings (SSSR count). The highest BCUT2D eigenvalue weighted by molar-refractivity contribution is 6.44. The van der Waals surface area contributed by atoms with Gasteiger partial charge in [0, 0.05) is 31.0 Å². The van der Waals surface area contributed by atoms with Crippen LogP contribution in [0.4, 0.5) is 4.79 Å². The van der Waals surface area contributed by atoms with Gasteiger partial charge in [-0.2, -0.15) is 0 Å². The fraction of sp³-hybridized carbons (Fsp3) is 0.450. The van der Waals surface area contributed by atoms with Crippen molar-refractivity contribution in [3.8, 4) is 11.4 Å². The van der Waals surface area contributed by atoms with Crippen molar-refractivity contribution in [2.75, 3.05) is 27.2 Å². The number of rotatable bonds is 4. The van der Waals surface area contributed by atoms with Crippen molar-refractivity contribution in [1.82, 2.24) is 25.1 Å². The molecule has 6 nitrogen and oxygen atoms in total. The third-order valence-corrected chi connectivity index (χ3v) is 6.18. The summed E-state index contributed by atoms with van der Waals surface area (Å²) in [6, 6.07) is 5.30. The van der Waals surface area contributed by atoms with Crippen molar-refractivity contribution in [3.05, 3.63) is 46.2 Å². The van der Waals surface area contributed by atoms with Gasteiger partial charge in [-0.1, -0.05) is 29.3 Å². The van der Waals surface area contributed by atoms with E-state index in [0.717, 1.165) is 31.5 Å². The summed E-state index contributed by atoms with van der Waals surface area (Å²) in [6.07, 6.45) is 5.27. The number of hydrogen-bond donors (Lipinski definition) is 1. The summed E-state index contributed by atoms with van der Waals surface area (Å²) in [5, 5.41) is 3.82. The van der Waals surface area contributed by atoms with Crippen molar-refractivity contribution in [1.29, 1.82) is 0 Å². The summed E-state index contributed by atoms with van der Waals surface area (Å²) in [5.74, 6) is 0.514. The molecule has 1 aliphatic rings. The van der Waals surface area contributed by atoms with Gasteiger partial charge < -0.3 is 15.1 Å². The van der Waals surface area contributed by atoms with Gasteiger partial charge in [-0.3, -0.25) is 0 Å². The van der Waals surface area contributed by atoms with Crippen molar-refractivity contribution in [2.45, 2.75) is 31.8 Å². The number of nitrogens with one attached hydrogen (secondary N) is 1. The molecule has 1 aromatic carbocycles. The zero-order valence-corrected chi connectivity index (χ0v) is 17.8. The Morgan fingerprint density at radius 1 is 1.21 bits per heavy atom. The third-order valence-electron chi connectivity index (χ3n) is 5.28. The molecule has 1 atom stereocenters. The van der Waals surface area contributed by atoms with E-state index in [9.17, 15) is 4.79 Å². The second-order valence-electron chi connectivity index (χ2n) is 7.22. The molecule has 0 radical (unpaired) electrons. The first-order chi connectivity index (χ1) is 13.4. The Hall–Kier alpha value is -1.89. The molecular weight excluding hydrogens is 397 g/mol. The quantitative estimate of drug-likeness (QED) is 0.801. The van der Waals surface area contributed by atoms with Gasteiger partial charge in [0.25, 0.3) is 0 Å². The summed E-state index contributed by atoms with van der Waals surface area (Å²) in [7, 11) is 3.96. The molecule has 2 aromatic rings. The molecule has 0 bridgehead atoms. The zero-order valence-electron chi connectivity index (χ0n) is 16.3. The number of carbonyl (C=O) groups is 1. The molecule has 2 heterocycles. The highest BCUT2D eigenvalue weighted by Crippen LogP contribution is 2.36. The summed E-state index contributed by atoms with van der Waals surface area (Å²) in [4.78, 5) is 25.2. The molecule has 28 heavy (non-hydrogen) atoms. The van der Waals surface area contributed by atoms with E-state index in [1.807, 2.05) is 26.1 Å². The van der Waals surface area contributed by atoms with Crippen molar-refractivity contribution in [3.63, 3.8) is 0 Å². The lowest BCUT2D eigenvalue weighted by atomic mass is 10.0. The molecule has 0 saturated carbocycles. The molecule has 8 heteroatoms. The van der Waals surface area contributed by atoms with Gasteiger partial charge in [0.2, 0.25) is 0 Å². The van der Waals surface area contributed by atoms with Crippen LogP contribution in [0.25, 0.3) is 11.4 Å². The topological polar surface area (TPSA) is 61.4 Å². The maximum absolute atomic E-state index is 12.7. The first-order valence-electron chi connectivity index (χ1n) is 9.35. The van der Waals surface area contributed by atoms with Gasteiger partial charge in [-0.05, 0) is 57.6 Å². The van der Waals surface area contributed by atoms with Crippen LogP contribution in [0.1, 0.15) is 31.4 Å². The molecule has 1 saturated heterocycles. The molecule has 0 spiro atoms. The fourth-order valence-corrected chi connectivity index (χ4v) is 4.01. The average molecular weight is 422 g/mol. The van der Waals surface area contributed by atoms with E-state index >= 15 is 0 Å². The van der Waals surface area contributed by atoms with Crippen molar-refractivity contribution in [2.24, 2.45) is 0 Å². The van der Waals surface area contributed by atoms with Crippen LogP contribution in [-0.2, 0) is 0 Å². The Bertz CT molecular complexity index is 825. The van der Waals surface area contributed by atoms with Crippen LogP contribution in [0.5, 0.6) is 0 Å². The van der Waals surface area contributed by atoms with Gasteiger partial charge in [0.1, 0.15) is 0 Å². The second kappa shape index (κ2) is 9.07. The predicted octanol–water partition coefficient (Wildman–Crippen LogP) is 4.25. The predicted molar refractivity (Wildman–Crippen MR) is 113 cm³/mol. The first kappa shape index (κ1) is 20.8. The minimum Gasteiger partial charge on any atom is -0.331 e. The monoisotopic (exact) mass is 421 g/mol. The molecule has 150 valence electrons. The van der Waals surface area contributed by atoms with Gasteiger partial charge in [0.15, 0.2) is 5.82 Å². The molecular formula is C20H25Cl2N5O. The minimum atomic E-state index is -0.281. The van der Waals surface area contributed by atoms with Gasteiger partial charge >= 0.3 is 6.03 Å². The van der Waals surface area contributed by atoms with Crippen LogP contribution in [0.15, 0.2) is 30.6 Å². The Labute approximate surface area is 175 Å². The molecule has 1 unspecified atom stereocenters. The lowest BCUT2D eigenvalue weighted by Crippen LogP contribution is -2.48. The number of aromatic nitrogens is 2. The third kappa shape index (κ3) is 4.57. The molecule has 0 aliphatic carbocycles. The van der Waals surface area contributed by atoms with E-state index in [0.29, 0.717) is 21.4 Å². The lowest BCUT2D eigenvalue weighted by Gasteiger charge is -2.35. The van der Waals surface area contributed by atoms with Crippen LogP contribution >= 0.6 is 23.2 Å². The molecule has 2 amide bonds. The second-order valence-corrected chi connectivity index (χ2v) is 7.98. The lowest BCUT2D eigenvalue weighted by molar-refractivity contribution is 0.146. The number of benzene rings is 1. The Morgan fingerprint density at radius 3 is 2.50 bits per heavy atom. The molecule has 1 aliphatic heterocycles. The highest BCUT2D eigenvalue weighted by Gasteiger charge is 2.25. The Morgan fingerprint density at radius 2 is 1.86 bits per heavy atom. The molecule has 1 fully saturated rings. The van der Waals surface area contributed by atoms with Crippen molar-refractivity contribution < 1.29 is 4.79 Å². The number of halogens is 2. The van der Waals surface area contributed by atoms with Crippen LogP contribution in [-0.4, -0.2) is 59.0 Å². The fourth-order valence-electron chi connectivity index (χ4n) is 3.42. The van der Waals surface area contributed by atoms with Gasteiger partial charge in [-0.15, -0.1) is 0 Å². The van der Waals surface area contributed by atoms with Crippen molar-refractivity contribution >= 4 is 29.2 Å². The average Bonchev–Trinajstić information content (AvgIpc) is 2.70. The Kier molecular flexibility index (Phi) is 6.75. The normalized spacial score (nSPS) is 16.6. The minimum absolute atomic E-state index is 0.107. The smallest absolute Gasteiger partial charge is 0.317 e. The summed E-state index contributed by atoms with van der Waals surface area (Å²) < 4.78 is 0. The van der Waals surface area contributed by atoms with E-state index in [2.05, 4.69) is 27.2 Å². The maximum atomic E-state index is 12.7. The zero-order chi connectivity index (χ0) is 20.3. The van der Waals surface area contributed by atoms with E-state index < -0.39 is 0 Å². The van der Waals surface area contributed by atoms with Crippen LogP contribution in [0, 0.1) is 0 Å². The Balaban J connectivity index is 1.71. The summed E-state index contributed by atoms with van der Waals surface area (Å²) in [6.45, 7) is 3.90. The van der Waals surface area contributed by atoms with E-state index in [4.69, 9.17) is 23.2 Å². The van der Waals surface area contributed by atoms with E-state index in [1.54, 1.807) is 23.4 Å². The summed E-state index contributed by atoms with van der Waals surface area (Å²) >= 11 is 13.0. The van der Waals surface area contributed by atoms with Crippen LogP contribution < -0.4 is 5.32 Å². The number of hydrogen-bond acceptors (Lipinski definition) is 4. The maximum Gasteiger partial charge on any atom is 0.317 e. The number of nitrogens with zero attached hydrogens (tertiary/aromatic N) is 4. The number of amides is 2. The number of urea groups is 1. The SMILES string of the molecule is CC(NC(=O)N(C)C1CCN(C)CC1)c1ccc(-c2ncccn2)c(Cl)c1Cl. The van der Waals surface area contributed by atoms with Gasteiger partial charge in [0.05, 0.1) is 16.1 Å².